The minimum Gasteiger partial charge on any atom is -0.454 e. The maximum Gasteiger partial charge on any atom is 0.317 e. The Bertz CT molecular complexity index is 600. The summed E-state index contributed by atoms with van der Waals surface area (Å²) < 4.78 is 10.9. The molecule has 0 saturated heterocycles. The molecule has 144 valence electrons. The van der Waals surface area contributed by atoms with E-state index in [0.29, 0.717) is 12.6 Å². The highest BCUT2D eigenvalue weighted by Gasteiger charge is 2.21. The number of hydrogen-bond donors (Lipinski definition) is 2. The van der Waals surface area contributed by atoms with Crippen LogP contribution in [0.15, 0.2) is 18.2 Å². The lowest BCUT2D eigenvalue weighted by Gasteiger charge is -2.28. The van der Waals surface area contributed by atoms with Crippen molar-refractivity contribution in [1.29, 1.82) is 0 Å². The zero-order valence-electron chi connectivity index (χ0n) is 16.1. The number of fused-ring (bicyclic) bond motifs is 1. The van der Waals surface area contributed by atoms with E-state index in [0.717, 1.165) is 49.4 Å². The van der Waals surface area contributed by atoms with Crippen LogP contribution in [0.2, 0.25) is 0 Å². The maximum atomic E-state index is 12.9. The Balaban J connectivity index is 1.62. The number of amides is 2. The van der Waals surface area contributed by atoms with Crippen LogP contribution in [0.3, 0.4) is 0 Å². The fourth-order valence-electron chi connectivity index (χ4n) is 3.65. The van der Waals surface area contributed by atoms with Crippen molar-refractivity contribution in [2.45, 2.75) is 51.1 Å². The molecule has 1 saturated carbocycles. The van der Waals surface area contributed by atoms with Gasteiger partial charge in [-0.25, -0.2) is 4.79 Å². The van der Waals surface area contributed by atoms with Crippen LogP contribution in [0, 0.1) is 0 Å². The molecule has 0 unspecified atom stereocenters. The van der Waals surface area contributed by atoms with Crippen molar-refractivity contribution in [3.8, 4) is 11.5 Å². The van der Waals surface area contributed by atoms with Gasteiger partial charge < -0.3 is 24.6 Å². The highest BCUT2D eigenvalue weighted by molar-refractivity contribution is 5.74. The molecule has 1 aliphatic carbocycles. The fourth-order valence-corrected chi connectivity index (χ4v) is 3.65. The average molecular weight is 362 g/mol. The molecule has 1 heterocycles. The summed E-state index contributed by atoms with van der Waals surface area (Å²) >= 11 is 0. The van der Waals surface area contributed by atoms with Crippen molar-refractivity contribution in [3.05, 3.63) is 23.8 Å². The predicted octanol–water partition coefficient (Wildman–Crippen LogP) is 1.79. The summed E-state index contributed by atoms with van der Waals surface area (Å²) in [4.78, 5) is 16.2. The average Bonchev–Trinajstić information content (AvgIpc) is 3.09. The first kappa shape index (κ1) is 18.8. The Morgan fingerprint density at radius 1 is 1.19 bits per heavy atom. The number of nitrogens with zero attached hydrogens (tertiary/aromatic N) is 1. The van der Waals surface area contributed by atoms with Crippen LogP contribution in [-0.4, -0.2) is 51.0 Å². The third kappa shape index (κ3) is 5.27. The second kappa shape index (κ2) is 9.12. The van der Waals surface area contributed by atoms with Crippen molar-refractivity contribution in [2.75, 3.05) is 34.0 Å². The van der Waals surface area contributed by atoms with E-state index >= 15 is 0 Å². The van der Waals surface area contributed by atoms with Crippen LogP contribution in [-0.2, 0) is 6.54 Å². The van der Waals surface area contributed by atoms with Crippen molar-refractivity contribution in [1.82, 2.24) is 10.2 Å². The molecule has 1 aliphatic heterocycles. The first-order valence-electron chi connectivity index (χ1n) is 9.85. The Morgan fingerprint density at radius 3 is 2.73 bits per heavy atom. The minimum absolute atomic E-state index is 0.0586. The molecule has 2 N–H and O–H groups in total. The standard InChI is InChI=1S/C20H31N3O3/c1-22(2)11-6-12-23(20(24)21-17-7-4-3-5-8-17)14-16-9-10-18-19(13-16)26-15-25-18/h9-10,13,17H,3-8,11-12,14-15H2,1-2H3,(H,21,24)/p+1. The van der Waals surface area contributed by atoms with Gasteiger partial charge in [-0.2, -0.15) is 0 Å². The van der Waals surface area contributed by atoms with Crippen molar-refractivity contribution >= 4 is 6.03 Å². The van der Waals surface area contributed by atoms with Gasteiger partial charge in [-0.15, -0.1) is 0 Å². The van der Waals surface area contributed by atoms with Crippen molar-refractivity contribution < 1.29 is 19.2 Å². The molecular weight excluding hydrogens is 330 g/mol. The van der Waals surface area contributed by atoms with Gasteiger partial charge in [0.25, 0.3) is 0 Å². The molecule has 26 heavy (non-hydrogen) atoms. The number of rotatable bonds is 7. The van der Waals surface area contributed by atoms with E-state index in [-0.39, 0.29) is 12.8 Å². The quantitative estimate of drug-likeness (QED) is 0.778. The third-order valence-corrected chi connectivity index (χ3v) is 5.14. The Hall–Kier alpha value is -1.95. The number of benzene rings is 1. The number of carbonyl (C=O) groups is 1. The number of hydrogen-bond acceptors (Lipinski definition) is 3. The van der Waals surface area contributed by atoms with Gasteiger partial charge in [-0.05, 0) is 30.5 Å². The first-order chi connectivity index (χ1) is 12.6. The largest absolute Gasteiger partial charge is 0.454 e. The second-order valence-corrected chi connectivity index (χ2v) is 7.70. The van der Waals surface area contributed by atoms with E-state index in [2.05, 4.69) is 19.4 Å². The van der Waals surface area contributed by atoms with Crippen LogP contribution in [0.4, 0.5) is 4.79 Å². The SMILES string of the molecule is C[NH+](C)CCCN(Cc1ccc2c(c1)OCO2)C(=O)NC1CCCCC1. The lowest BCUT2D eigenvalue weighted by atomic mass is 9.96. The van der Waals surface area contributed by atoms with E-state index in [4.69, 9.17) is 9.47 Å². The van der Waals surface area contributed by atoms with E-state index in [9.17, 15) is 4.79 Å². The lowest BCUT2D eigenvalue weighted by molar-refractivity contribution is -0.858. The number of urea groups is 1. The Kier molecular flexibility index (Phi) is 6.61. The fraction of sp³-hybridized carbons (Fsp3) is 0.650. The smallest absolute Gasteiger partial charge is 0.317 e. The molecule has 2 amide bonds. The molecule has 0 aromatic heterocycles. The molecule has 2 aliphatic rings. The Labute approximate surface area is 156 Å². The molecule has 3 rings (SSSR count). The van der Waals surface area contributed by atoms with Gasteiger partial charge in [0.15, 0.2) is 11.5 Å². The van der Waals surface area contributed by atoms with Gasteiger partial charge in [0.1, 0.15) is 0 Å². The second-order valence-electron chi connectivity index (χ2n) is 7.70. The van der Waals surface area contributed by atoms with Gasteiger partial charge in [-0.1, -0.05) is 25.3 Å². The van der Waals surface area contributed by atoms with Crippen molar-refractivity contribution in [2.24, 2.45) is 0 Å². The summed E-state index contributed by atoms with van der Waals surface area (Å²) in [6.45, 7) is 2.68. The number of quaternary nitrogens is 1. The summed E-state index contributed by atoms with van der Waals surface area (Å²) in [5.41, 5.74) is 1.07. The normalized spacial score (nSPS) is 16.7. The van der Waals surface area contributed by atoms with Crippen LogP contribution in [0.1, 0.15) is 44.1 Å². The van der Waals surface area contributed by atoms with E-state index < -0.39 is 0 Å². The summed E-state index contributed by atoms with van der Waals surface area (Å²) in [6.07, 6.45) is 6.93. The van der Waals surface area contributed by atoms with Gasteiger partial charge in [0.05, 0.1) is 20.6 Å². The predicted molar refractivity (Wildman–Crippen MR) is 101 cm³/mol. The first-order valence-corrected chi connectivity index (χ1v) is 9.85. The molecule has 1 aromatic rings. The molecule has 0 spiro atoms. The maximum absolute atomic E-state index is 12.9. The topological polar surface area (TPSA) is 55.2 Å². The number of ether oxygens (including phenoxy) is 2. The minimum atomic E-state index is 0.0586. The number of carbonyl (C=O) groups excluding carboxylic acids is 1. The monoisotopic (exact) mass is 362 g/mol. The lowest BCUT2D eigenvalue weighted by Crippen LogP contribution is -3.05. The summed E-state index contributed by atoms with van der Waals surface area (Å²) in [5, 5.41) is 3.25. The van der Waals surface area contributed by atoms with E-state index in [1.54, 1.807) is 0 Å². The molecule has 6 nitrogen and oxygen atoms in total. The molecule has 6 heteroatoms. The zero-order valence-corrected chi connectivity index (χ0v) is 16.1. The van der Waals surface area contributed by atoms with Gasteiger partial charge in [0, 0.05) is 25.6 Å². The molecule has 0 radical (unpaired) electrons. The van der Waals surface area contributed by atoms with Crippen LogP contribution >= 0.6 is 0 Å². The van der Waals surface area contributed by atoms with E-state index in [1.807, 2.05) is 23.1 Å². The summed E-state index contributed by atoms with van der Waals surface area (Å²) in [6, 6.07) is 6.32. The van der Waals surface area contributed by atoms with Gasteiger partial charge >= 0.3 is 6.03 Å². The summed E-state index contributed by atoms with van der Waals surface area (Å²) in [5.74, 6) is 1.55. The molecule has 1 fully saturated rings. The van der Waals surface area contributed by atoms with Crippen molar-refractivity contribution in [3.63, 3.8) is 0 Å². The summed E-state index contributed by atoms with van der Waals surface area (Å²) in [7, 11) is 4.29. The third-order valence-electron chi connectivity index (χ3n) is 5.14. The molecule has 1 aromatic carbocycles. The molecule has 0 atom stereocenters. The highest BCUT2D eigenvalue weighted by atomic mass is 16.7. The number of nitrogens with one attached hydrogen (secondary N) is 2. The molecular formula is C20H32N3O3+. The molecule has 0 bridgehead atoms. The zero-order chi connectivity index (χ0) is 18.4. The highest BCUT2D eigenvalue weighted by Crippen LogP contribution is 2.32. The Morgan fingerprint density at radius 2 is 1.96 bits per heavy atom. The van der Waals surface area contributed by atoms with Crippen LogP contribution in [0.25, 0.3) is 0 Å². The van der Waals surface area contributed by atoms with Crippen LogP contribution < -0.4 is 19.7 Å². The van der Waals surface area contributed by atoms with Gasteiger partial charge in [-0.3, -0.25) is 0 Å². The van der Waals surface area contributed by atoms with E-state index in [1.165, 1.54) is 24.2 Å². The van der Waals surface area contributed by atoms with Crippen LogP contribution in [0.5, 0.6) is 11.5 Å². The van der Waals surface area contributed by atoms with Gasteiger partial charge in [0.2, 0.25) is 6.79 Å².